The SMILES string of the molecule is CC[NH+]1CCN(C(=O)[C@H](C)Sc2nc3nc(C)cc(C)n3n2)CC1. The van der Waals surface area contributed by atoms with Gasteiger partial charge in [0.15, 0.2) is 0 Å². The molecule has 7 nitrogen and oxygen atoms in total. The van der Waals surface area contributed by atoms with Gasteiger partial charge in [0.05, 0.1) is 38.0 Å². The van der Waals surface area contributed by atoms with Crippen molar-refractivity contribution >= 4 is 23.4 Å². The number of quaternary nitrogens is 1. The second-order valence-electron chi connectivity index (χ2n) is 6.33. The molecule has 0 unspecified atom stereocenters. The number of piperazine rings is 1. The van der Waals surface area contributed by atoms with Crippen LogP contribution in [0.2, 0.25) is 0 Å². The Balaban J connectivity index is 1.67. The Morgan fingerprint density at radius 1 is 1.33 bits per heavy atom. The molecule has 2 aromatic heterocycles. The molecule has 0 aliphatic carbocycles. The van der Waals surface area contributed by atoms with Crippen LogP contribution in [0.4, 0.5) is 0 Å². The lowest BCUT2D eigenvalue weighted by Gasteiger charge is -2.32. The highest BCUT2D eigenvalue weighted by atomic mass is 32.2. The maximum absolute atomic E-state index is 12.7. The van der Waals surface area contributed by atoms with E-state index in [1.165, 1.54) is 11.8 Å². The number of rotatable bonds is 4. The molecule has 0 spiro atoms. The summed E-state index contributed by atoms with van der Waals surface area (Å²) in [5.41, 5.74) is 1.92. The number of fused-ring (bicyclic) bond motifs is 1. The van der Waals surface area contributed by atoms with E-state index in [0.29, 0.717) is 10.9 Å². The van der Waals surface area contributed by atoms with E-state index in [4.69, 9.17) is 0 Å². The zero-order valence-corrected chi connectivity index (χ0v) is 15.6. The van der Waals surface area contributed by atoms with Gasteiger partial charge in [-0.25, -0.2) is 9.50 Å². The number of nitrogens with zero attached hydrogens (tertiary/aromatic N) is 5. The Morgan fingerprint density at radius 3 is 2.71 bits per heavy atom. The van der Waals surface area contributed by atoms with Crippen molar-refractivity contribution in [1.29, 1.82) is 0 Å². The Labute approximate surface area is 146 Å². The summed E-state index contributed by atoms with van der Waals surface area (Å²) in [7, 11) is 0. The number of aryl methyl sites for hydroxylation is 2. The second kappa shape index (κ2) is 7.06. The quantitative estimate of drug-likeness (QED) is 0.785. The third-order valence-corrected chi connectivity index (χ3v) is 5.45. The molecule has 1 saturated heterocycles. The van der Waals surface area contributed by atoms with Crippen LogP contribution in [-0.2, 0) is 4.79 Å². The Kier molecular flexibility index (Phi) is 5.05. The fraction of sp³-hybridized carbons (Fsp3) is 0.625. The van der Waals surface area contributed by atoms with Gasteiger partial charge in [0.1, 0.15) is 0 Å². The summed E-state index contributed by atoms with van der Waals surface area (Å²) in [6, 6.07) is 1.97. The highest BCUT2D eigenvalue weighted by molar-refractivity contribution is 8.00. The van der Waals surface area contributed by atoms with Crippen molar-refractivity contribution in [1.82, 2.24) is 24.5 Å². The number of thioether (sulfide) groups is 1. The minimum Gasteiger partial charge on any atom is -0.332 e. The normalized spacial score (nSPS) is 17.4. The number of aromatic nitrogens is 4. The van der Waals surface area contributed by atoms with Gasteiger partial charge in [0, 0.05) is 11.4 Å². The molecule has 1 amide bonds. The monoisotopic (exact) mass is 349 g/mol. The molecule has 3 rings (SSSR count). The maximum Gasteiger partial charge on any atom is 0.253 e. The van der Waals surface area contributed by atoms with Crippen molar-refractivity contribution in [2.45, 2.75) is 38.1 Å². The first-order valence-electron chi connectivity index (χ1n) is 8.48. The van der Waals surface area contributed by atoms with E-state index < -0.39 is 0 Å². The summed E-state index contributed by atoms with van der Waals surface area (Å²) < 4.78 is 1.73. The molecule has 0 radical (unpaired) electrons. The van der Waals surface area contributed by atoms with Crippen LogP contribution in [-0.4, -0.2) is 68.4 Å². The Hall–Kier alpha value is -1.67. The summed E-state index contributed by atoms with van der Waals surface area (Å²) in [6.45, 7) is 12.9. The van der Waals surface area contributed by atoms with Crippen LogP contribution in [0, 0.1) is 13.8 Å². The molecule has 1 atom stereocenters. The van der Waals surface area contributed by atoms with Gasteiger partial charge in [-0.1, -0.05) is 11.8 Å². The van der Waals surface area contributed by atoms with Crippen LogP contribution in [0.1, 0.15) is 25.2 Å². The number of nitrogens with one attached hydrogen (secondary N) is 1. The van der Waals surface area contributed by atoms with E-state index in [1.807, 2.05) is 31.7 Å². The highest BCUT2D eigenvalue weighted by Gasteiger charge is 2.27. The molecule has 1 N–H and O–H groups in total. The third kappa shape index (κ3) is 3.54. The second-order valence-corrected chi connectivity index (χ2v) is 7.64. The average molecular weight is 349 g/mol. The summed E-state index contributed by atoms with van der Waals surface area (Å²) in [6.07, 6.45) is 0. The summed E-state index contributed by atoms with van der Waals surface area (Å²) in [4.78, 5) is 25.0. The largest absolute Gasteiger partial charge is 0.332 e. The molecule has 2 aromatic rings. The number of carbonyl (C=O) groups excluding carboxylic acids is 1. The number of likely N-dealkylation sites (N-methyl/N-ethyl adjacent to an activating group) is 1. The molecule has 1 fully saturated rings. The van der Waals surface area contributed by atoms with Gasteiger partial charge in [-0.15, -0.1) is 5.10 Å². The molecule has 0 saturated carbocycles. The van der Waals surface area contributed by atoms with E-state index >= 15 is 0 Å². The van der Waals surface area contributed by atoms with Gasteiger partial charge in [-0.2, -0.15) is 4.98 Å². The van der Waals surface area contributed by atoms with Crippen molar-refractivity contribution in [2.24, 2.45) is 0 Å². The van der Waals surface area contributed by atoms with Crippen molar-refractivity contribution in [3.8, 4) is 0 Å². The van der Waals surface area contributed by atoms with Crippen LogP contribution in [0.15, 0.2) is 11.2 Å². The minimum absolute atomic E-state index is 0.176. The van der Waals surface area contributed by atoms with Gasteiger partial charge in [-0.05, 0) is 33.8 Å². The molecule has 1 aliphatic heterocycles. The van der Waals surface area contributed by atoms with Gasteiger partial charge >= 0.3 is 0 Å². The lowest BCUT2D eigenvalue weighted by atomic mass is 10.3. The topological polar surface area (TPSA) is 67.8 Å². The van der Waals surface area contributed by atoms with Crippen molar-refractivity contribution in [2.75, 3.05) is 32.7 Å². The molecule has 130 valence electrons. The fourth-order valence-corrected chi connectivity index (χ4v) is 3.89. The van der Waals surface area contributed by atoms with E-state index in [2.05, 4.69) is 22.0 Å². The van der Waals surface area contributed by atoms with E-state index in [0.717, 1.165) is 44.1 Å². The number of carbonyl (C=O) groups is 1. The van der Waals surface area contributed by atoms with Gasteiger partial charge in [0.25, 0.3) is 5.78 Å². The highest BCUT2D eigenvalue weighted by Crippen LogP contribution is 2.22. The predicted octanol–water partition coefficient (Wildman–Crippen LogP) is -0.0313. The molecule has 0 bridgehead atoms. The van der Waals surface area contributed by atoms with Crippen molar-refractivity contribution in [3.63, 3.8) is 0 Å². The van der Waals surface area contributed by atoms with Crippen LogP contribution in [0.3, 0.4) is 0 Å². The molecule has 8 heteroatoms. The first kappa shape index (κ1) is 17.2. The first-order valence-corrected chi connectivity index (χ1v) is 9.36. The molecule has 0 aromatic carbocycles. The van der Waals surface area contributed by atoms with Crippen LogP contribution < -0.4 is 4.90 Å². The van der Waals surface area contributed by atoms with Crippen molar-refractivity contribution in [3.05, 3.63) is 17.5 Å². The van der Waals surface area contributed by atoms with E-state index in [-0.39, 0.29) is 11.2 Å². The third-order valence-electron chi connectivity index (χ3n) is 4.51. The molecular formula is C16H25N6OS+. The molecule has 24 heavy (non-hydrogen) atoms. The van der Waals surface area contributed by atoms with Crippen LogP contribution in [0.5, 0.6) is 0 Å². The predicted molar refractivity (Wildman–Crippen MR) is 93.4 cm³/mol. The van der Waals surface area contributed by atoms with Gasteiger partial charge in [-0.3, -0.25) is 4.79 Å². The summed E-state index contributed by atoms with van der Waals surface area (Å²) in [5, 5.41) is 4.90. The Morgan fingerprint density at radius 2 is 2.04 bits per heavy atom. The lowest BCUT2D eigenvalue weighted by Crippen LogP contribution is -3.14. The number of hydrogen-bond donors (Lipinski definition) is 1. The Bertz CT molecular complexity index is 737. The van der Waals surface area contributed by atoms with Gasteiger partial charge in [0.2, 0.25) is 11.1 Å². The van der Waals surface area contributed by atoms with Crippen molar-refractivity contribution < 1.29 is 9.69 Å². The zero-order valence-electron chi connectivity index (χ0n) is 14.7. The number of amides is 1. The maximum atomic E-state index is 12.7. The smallest absolute Gasteiger partial charge is 0.253 e. The molecule has 1 aliphatic rings. The van der Waals surface area contributed by atoms with Crippen LogP contribution >= 0.6 is 11.8 Å². The number of hydrogen-bond acceptors (Lipinski definition) is 5. The average Bonchev–Trinajstić information content (AvgIpc) is 2.96. The molecule has 3 heterocycles. The van der Waals surface area contributed by atoms with Crippen LogP contribution in [0.25, 0.3) is 5.78 Å². The van der Waals surface area contributed by atoms with E-state index in [9.17, 15) is 4.79 Å². The van der Waals surface area contributed by atoms with E-state index in [1.54, 1.807) is 9.42 Å². The summed E-state index contributed by atoms with van der Waals surface area (Å²) >= 11 is 1.41. The lowest BCUT2D eigenvalue weighted by molar-refractivity contribution is -0.902. The standard InChI is InChI=1S/C16H24N6OS/c1-5-20-6-8-21(9-7-20)14(23)13(4)24-16-18-15-17-11(2)10-12(3)22(15)19-16/h10,13H,5-9H2,1-4H3/p+1/t13-/m0/s1. The van der Waals surface area contributed by atoms with Gasteiger partial charge < -0.3 is 9.80 Å². The summed E-state index contributed by atoms with van der Waals surface area (Å²) in [5.74, 6) is 0.768. The fourth-order valence-electron chi connectivity index (χ4n) is 3.06. The minimum atomic E-state index is -0.188. The first-order chi connectivity index (χ1) is 11.5. The molecular weight excluding hydrogens is 324 g/mol. The zero-order chi connectivity index (χ0) is 17.3.